The van der Waals surface area contributed by atoms with Gasteiger partial charge in [0.1, 0.15) is 34.8 Å². The van der Waals surface area contributed by atoms with Gasteiger partial charge in [-0.3, -0.25) is 4.79 Å². The number of nitrogens with one attached hydrogen (secondary N) is 1. The summed E-state index contributed by atoms with van der Waals surface area (Å²) in [7, 11) is 3.03. The van der Waals surface area contributed by atoms with Crippen LogP contribution in [0.2, 0.25) is 0 Å². The van der Waals surface area contributed by atoms with Crippen molar-refractivity contribution >= 4 is 58.0 Å². The van der Waals surface area contributed by atoms with Crippen molar-refractivity contribution in [1.82, 2.24) is 0 Å². The van der Waals surface area contributed by atoms with Gasteiger partial charge in [0.2, 0.25) is 0 Å². The minimum atomic E-state index is -2.90. The number of carboxylic acid groups (broad SMARTS) is 1. The molecule has 0 amide bonds. The van der Waals surface area contributed by atoms with Gasteiger partial charge in [0.05, 0.1) is 39.7 Å². The van der Waals surface area contributed by atoms with Crippen LogP contribution in [-0.4, -0.2) is 84.0 Å². The summed E-state index contributed by atoms with van der Waals surface area (Å²) in [5.41, 5.74) is 1.36. The molecule has 0 aliphatic heterocycles. The van der Waals surface area contributed by atoms with Gasteiger partial charge in [0.25, 0.3) is 0 Å². The molecule has 0 bridgehead atoms. The molecule has 2 rings (SSSR count). The topological polar surface area (TPSA) is 120 Å². The maximum absolute atomic E-state index is 12.0. The molecule has 0 radical (unpaired) electrons. The number of benzene rings is 2. The standard InChI is InChI=1S/C21H25NO8S.Na.H/c1-27-14-10-18(29-3)15(19(11-14)30-4)6-8-20(31(25)26)13-5-7-17(28-2)16(9-13)22-12-21(23)24;;/h5-11,20,22,31H,12H2,1-4H3,(H,23,24);;. The second kappa shape index (κ2) is 13.2. The van der Waals surface area contributed by atoms with Crippen LogP contribution in [0, 0.1) is 0 Å². The van der Waals surface area contributed by atoms with E-state index < -0.39 is 21.9 Å². The fraction of sp³-hybridized carbons (Fsp3) is 0.286. The summed E-state index contributed by atoms with van der Waals surface area (Å²) in [5.74, 6) is 0.767. The second-order valence-corrected chi connectivity index (χ2v) is 7.37. The van der Waals surface area contributed by atoms with E-state index in [2.05, 4.69) is 5.32 Å². The number of methoxy groups -OCH3 is 4. The summed E-state index contributed by atoms with van der Waals surface area (Å²) in [4.78, 5) is 10.9. The van der Waals surface area contributed by atoms with Gasteiger partial charge in [0, 0.05) is 12.1 Å². The molecule has 2 aromatic rings. The Hall–Kier alpha value is -2.40. The summed E-state index contributed by atoms with van der Waals surface area (Å²) in [6.07, 6.45) is 3.10. The van der Waals surface area contributed by atoms with Gasteiger partial charge >= 0.3 is 35.5 Å². The number of hydrogen-bond donors (Lipinski definition) is 3. The molecule has 0 aliphatic carbocycles. The Morgan fingerprint density at radius 1 is 1.00 bits per heavy atom. The average molecular weight is 475 g/mol. The molecule has 9 nitrogen and oxygen atoms in total. The number of carbonyl (C=O) groups is 1. The Balaban J connectivity index is 0.00000512. The zero-order valence-corrected chi connectivity index (χ0v) is 18.5. The molecular weight excluding hydrogens is 449 g/mol. The third-order valence-corrected chi connectivity index (χ3v) is 5.35. The predicted octanol–water partition coefficient (Wildman–Crippen LogP) is 1.93. The van der Waals surface area contributed by atoms with Gasteiger partial charge < -0.3 is 29.4 Å². The van der Waals surface area contributed by atoms with E-state index >= 15 is 0 Å². The van der Waals surface area contributed by atoms with E-state index in [4.69, 9.17) is 24.1 Å². The molecule has 2 aromatic carbocycles. The van der Waals surface area contributed by atoms with Crippen molar-refractivity contribution in [3.8, 4) is 23.0 Å². The first-order valence-corrected chi connectivity index (χ1v) is 10.3. The van der Waals surface area contributed by atoms with Crippen LogP contribution in [0.1, 0.15) is 16.4 Å². The zero-order valence-electron chi connectivity index (χ0n) is 17.6. The van der Waals surface area contributed by atoms with Crippen molar-refractivity contribution in [2.75, 3.05) is 40.3 Å². The molecule has 0 saturated heterocycles. The normalized spacial score (nSPS) is 11.5. The number of thiol groups is 1. The minimum absolute atomic E-state index is 0. The van der Waals surface area contributed by atoms with Crippen LogP contribution >= 0.6 is 0 Å². The molecular formula is C21H26NNaO8S. The van der Waals surface area contributed by atoms with Gasteiger partial charge in [-0.15, -0.1) is 0 Å². The quantitative estimate of drug-likeness (QED) is 0.331. The monoisotopic (exact) mass is 475 g/mol. The second-order valence-electron chi connectivity index (χ2n) is 6.24. The van der Waals surface area contributed by atoms with Crippen molar-refractivity contribution in [1.29, 1.82) is 0 Å². The molecule has 11 heteroatoms. The van der Waals surface area contributed by atoms with E-state index in [0.29, 0.717) is 39.8 Å². The predicted molar refractivity (Wildman–Crippen MR) is 124 cm³/mol. The molecule has 1 unspecified atom stereocenters. The summed E-state index contributed by atoms with van der Waals surface area (Å²) < 4.78 is 45.3. The molecule has 0 saturated carbocycles. The number of ether oxygens (including phenoxy) is 4. The van der Waals surface area contributed by atoms with Gasteiger partial charge in [0.15, 0.2) is 10.7 Å². The zero-order chi connectivity index (χ0) is 23.0. The first kappa shape index (κ1) is 27.6. The first-order valence-electron chi connectivity index (χ1n) is 9.09. The van der Waals surface area contributed by atoms with Gasteiger partial charge in [-0.2, -0.15) is 0 Å². The Bertz CT molecular complexity index is 1010. The van der Waals surface area contributed by atoms with Gasteiger partial charge in [-0.25, -0.2) is 8.42 Å². The van der Waals surface area contributed by atoms with E-state index in [1.54, 1.807) is 36.4 Å². The van der Waals surface area contributed by atoms with Crippen molar-refractivity contribution in [2.24, 2.45) is 0 Å². The first-order chi connectivity index (χ1) is 14.8. The Morgan fingerprint density at radius 2 is 1.59 bits per heavy atom. The van der Waals surface area contributed by atoms with Gasteiger partial charge in [-0.1, -0.05) is 12.1 Å². The van der Waals surface area contributed by atoms with Crippen molar-refractivity contribution in [3.63, 3.8) is 0 Å². The Kier molecular flexibility index (Phi) is 11.4. The number of anilines is 1. The molecule has 170 valence electrons. The SMILES string of the molecule is COc1cc(OC)c(C=CC(c2ccc(OC)c(NCC(=O)O)c2)[SH](=O)=O)c(OC)c1.[NaH]. The molecule has 2 N–H and O–H groups in total. The van der Waals surface area contributed by atoms with Crippen LogP contribution in [0.5, 0.6) is 23.0 Å². The molecule has 1 atom stereocenters. The Labute approximate surface area is 210 Å². The maximum atomic E-state index is 12.0. The summed E-state index contributed by atoms with van der Waals surface area (Å²) in [5, 5.41) is 10.6. The molecule has 32 heavy (non-hydrogen) atoms. The number of rotatable bonds is 11. The van der Waals surface area contributed by atoms with Crippen LogP contribution in [0.4, 0.5) is 5.69 Å². The summed E-state index contributed by atoms with van der Waals surface area (Å²) in [6.45, 7) is -0.343. The third kappa shape index (κ3) is 7.06. The van der Waals surface area contributed by atoms with E-state index in [1.807, 2.05) is 0 Å². The summed E-state index contributed by atoms with van der Waals surface area (Å²) in [6, 6.07) is 8.05. The van der Waals surface area contributed by atoms with E-state index in [1.165, 1.54) is 34.5 Å². The van der Waals surface area contributed by atoms with Crippen LogP contribution < -0.4 is 24.3 Å². The molecule has 0 fully saturated rings. The number of hydrogen-bond acceptors (Lipinski definition) is 8. The Morgan fingerprint density at radius 3 is 2.06 bits per heavy atom. The van der Waals surface area contributed by atoms with Crippen LogP contribution in [-0.2, 0) is 15.5 Å². The fourth-order valence-corrected chi connectivity index (χ4v) is 3.54. The van der Waals surface area contributed by atoms with Crippen LogP contribution in [0.3, 0.4) is 0 Å². The average Bonchev–Trinajstić information content (AvgIpc) is 2.77. The fourth-order valence-electron chi connectivity index (χ4n) is 2.91. The van der Waals surface area contributed by atoms with E-state index in [9.17, 15) is 13.2 Å². The van der Waals surface area contributed by atoms with Crippen LogP contribution in [0.15, 0.2) is 36.4 Å². The molecule has 0 aliphatic rings. The van der Waals surface area contributed by atoms with Crippen molar-refractivity contribution in [3.05, 3.63) is 47.5 Å². The van der Waals surface area contributed by atoms with Crippen LogP contribution in [0.25, 0.3) is 6.08 Å². The third-order valence-electron chi connectivity index (χ3n) is 4.42. The molecule has 0 aromatic heterocycles. The molecule has 0 heterocycles. The molecule has 0 spiro atoms. The van der Waals surface area contributed by atoms with Gasteiger partial charge in [-0.05, 0) is 23.8 Å². The van der Waals surface area contributed by atoms with E-state index in [0.717, 1.165) is 0 Å². The van der Waals surface area contributed by atoms with Crippen molar-refractivity contribution in [2.45, 2.75) is 5.25 Å². The summed E-state index contributed by atoms with van der Waals surface area (Å²) >= 11 is 0. The van der Waals surface area contributed by atoms with Crippen molar-refractivity contribution < 1.29 is 37.3 Å². The van der Waals surface area contributed by atoms with E-state index in [-0.39, 0.29) is 36.1 Å². The number of aliphatic carboxylic acids is 1. The number of carboxylic acids is 1.